The van der Waals surface area contributed by atoms with Gasteiger partial charge in [-0.3, -0.25) is 9.10 Å². The minimum absolute atomic E-state index is 0.126. The molecule has 0 radical (unpaired) electrons. The molecular weight excluding hydrogens is 368 g/mol. The van der Waals surface area contributed by atoms with Gasteiger partial charge in [0, 0.05) is 5.39 Å². The lowest BCUT2D eigenvalue weighted by molar-refractivity contribution is -0.116. The number of aromatic amines is 1. The Hall–Kier alpha value is -3.20. The number of hydrogen-bond donors (Lipinski definition) is 2. The molecule has 3 rings (SSSR count). The zero-order chi connectivity index (χ0) is 19.6. The number of amides is 1. The average Bonchev–Trinajstić information content (AvgIpc) is 2.93. The van der Waals surface area contributed by atoms with Crippen molar-refractivity contribution in [3.05, 3.63) is 54.1 Å². The second kappa shape index (κ2) is 7.20. The monoisotopic (exact) mass is 386 g/mol. The van der Waals surface area contributed by atoms with Gasteiger partial charge in [0.1, 0.15) is 6.54 Å². The van der Waals surface area contributed by atoms with E-state index in [9.17, 15) is 18.3 Å². The maximum absolute atomic E-state index is 12.3. The molecule has 1 amide bonds. The maximum atomic E-state index is 12.3. The van der Waals surface area contributed by atoms with Crippen molar-refractivity contribution in [2.24, 2.45) is 10.2 Å². The van der Waals surface area contributed by atoms with Crippen LogP contribution in [0.15, 0.2) is 58.8 Å². The number of aromatic hydroxyl groups is 1. The SMILES string of the molecule is Cc1ccccc1N(CC(=O)N=Nc1c(O)[nH]c2ccccc12)S(C)(=O)=O. The average molecular weight is 386 g/mol. The van der Waals surface area contributed by atoms with E-state index in [2.05, 4.69) is 15.2 Å². The molecule has 1 aromatic heterocycles. The van der Waals surface area contributed by atoms with Crippen LogP contribution in [0.4, 0.5) is 11.4 Å². The number of fused-ring (bicyclic) bond motifs is 1. The van der Waals surface area contributed by atoms with Crippen LogP contribution < -0.4 is 4.31 Å². The number of benzene rings is 2. The number of hydrogen-bond acceptors (Lipinski definition) is 5. The van der Waals surface area contributed by atoms with Crippen LogP contribution in [0.2, 0.25) is 0 Å². The second-order valence-corrected chi connectivity index (χ2v) is 7.92. The third-order valence-electron chi connectivity index (χ3n) is 3.98. The van der Waals surface area contributed by atoms with Crippen molar-refractivity contribution in [2.45, 2.75) is 6.92 Å². The lowest BCUT2D eigenvalue weighted by atomic mass is 10.2. The van der Waals surface area contributed by atoms with E-state index in [-0.39, 0.29) is 11.6 Å². The van der Waals surface area contributed by atoms with Crippen LogP contribution in [0.25, 0.3) is 10.9 Å². The van der Waals surface area contributed by atoms with Crippen molar-refractivity contribution < 1.29 is 18.3 Å². The van der Waals surface area contributed by atoms with Crippen LogP contribution in [0.5, 0.6) is 5.88 Å². The lowest BCUT2D eigenvalue weighted by Crippen LogP contribution is -2.34. The highest BCUT2D eigenvalue weighted by Crippen LogP contribution is 2.35. The fraction of sp³-hybridized carbons (Fsp3) is 0.167. The molecule has 0 bridgehead atoms. The fourth-order valence-corrected chi connectivity index (χ4v) is 3.61. The summed E-state index contributed by atoms with van der Waals surface area (Å²) < 4.78 is 25.3. The van der Waals surface area contributed by atoms with Gasteiger partial charge in [0.05, 0.1) is 17.5 Å². The van der Waals surface area contributed by atoms with Crippen molar-refractivity contribution in [1.29, 1.82) is 0 Å². The summed E-state index contributed by atoms with van der Waals surface area (Å²) in [5, 5.41) is 18.0. The van der Waals surface area contributed by atoms with E-state index in [0.29, 0.717) is 22.2 Å². The number of rotatable bonds is 5. The van der Waals surface area contributed by atoms with Crippen LogP contribution in [-0.4, -0.2) is 37.2 Å². The number of nitrogens with one attached hydrogen (secondary N) is 1. The Kier molecular flexibility index (Phi) is 4.95. The summed E-state index contributed by atoms with van der Waals surface area (Å²) in [6.07, 6.45) is 1.02. The van der Waals surface area contributed by atoms with E-state index in [1.54, 1.807) is 55.5 Å². The first-order valence-electron chi connectivity index (χ1n) is 8.05. The first-order chi connectivity index (χ1) is 12.8. The highest BCUT2D eigenvalue weighted by atomic mass is 32.2. The molecule has 9 heteroatoms. The number of sulfonamides is 1. The van der Waals surface area contributed by atoms with Gasteiger partial charge in [0.25, 0.3) is 5.91 Å². The number of H-pyrrole nitrogens is 1. The maximum Gasteiger partial charge on any atom is 0.285 e. The molecule has 2 N–H and O–H groups in total. The Labute approximate surface area is 156 Å². The number of anilines is 1. The smallest absolute Gasteiger partial charge is 0.285 e. The Morgan fingerprint density at radius 1 is 1.15 bits per heavy atom. The van der Waals surface area contributed by atoms with Gasteiger partial charge in [0.15, 0.2) is 5.69 Å². The predicted molar refractivity (Wildman–Crippen MR) is 103 cm³/mol. The van der Waals surface area contributed by atoms with Gasteiger partial charge in [0.2, 0.25) is 15.9 Å². The van der Waals surface area contributed by atoms with Gasteiger partial charge >= 0.3 is 0 Å². The first-order valence-corrected chi connectivity index (χ1v) is 9.90. The molecular formula is C18H18N4O4S. The molecule has 0 aliphatic heterocycles. The van der Waals surface area contributed by atoms with Crippen molar-refractivity contribution in [3.8, 4) is 5.88 Å². The van der Waals surface area contributed by atoms with Crippen LogP contribution in [0.1, 0.15) is 5.56 Å². The third-order valence-corrected chi connectivity index (χ3v) is 5.11. The minimum Gasteiger partial charge on any atom is -0.493 e. The number of carbonyl (C=O) groups excluding carboxylic acids is 1. The van der Waals surface area contributed by atoms with Gasteiger partial charge in [-0.2, -0.15) is 0 Å². The highest BCUT2D eigenvalue weighted by Gasteiger charge is 2.22. The quantitative estimate of drug-likeness (QED) is 0.655. The molecule has 0 aliphatic carbocycles. The summed E-state index contributed by atoms with van der Waals surface area (Å²) in [6, 6.07) is 13.9. The molecule has 140 valence electrons. The van der Waals surface area contributed by atoms with E-state index in [1.165, 1.54) is 0 Å². The van der Waals surface area contributed by atoms with Gasteiger partial charge in [-0.25, -0.2) is 8.42 Å². The highest BCUT2D eigenvalue weighted by molar-refractivity contribution is 7.92. The summed E-state index contributed by atoms with van der Waals surface area (Å²) in [5.74, 6) is -0.972. The Balaban J connectivity index is 1.87. The molecule has 8 nitrogen and oxygen atoms in total. The molecule has 0 saturated heterocycles. The third kappa shape index (κ3) is 3.98. The van der Waals surface area contributed by atoms with Crippen LogP contribution in [0.3, 0.4) is 0 Å². The summed E-state index contributed by atoms with van der Waals surface area (Å²) in [5.41, 5.74) is 1.88. The summed E-state index contributed by atoms with van der Waals surface area (Å²) in [7, 11) is -3.70. The van der Waals surface area contributed by atoms with Gasteiger partial charge in [-0.05, 0) is 24.6 Å². The largest absolute Gasteiger partial charge is 0.493 e. The van der Waals surface area contributed by atoms with Gasteiger partial charge < -0.3 is 10.1 Å². The van der Waals surface area contributed by atoms with E-state index >= 15 is 0 Å². The lowest BCUT2D eigenvalue weighted by Gasteiger charge is -2.22. The Morgan fingerprint density at radius 2 is 1.81 bits per heavy atom. The number of aromatic nitrogens is 1. The molecule has 0 unspecified atom stereocenters. The zero-order valence-electron chi connectivity index (χ0n) is 14.7. The molecule has 0 saturated carbocycles. The number of nitrogens with zero attached hydrogens (tertiary/aromatic N) is 3. The van der Waals surface area contributed by atoms with E-state index in [1.807, 2.05) is 0 Å². The number of carbonyl (C=O) groups is 1. The van der Waals surface area contributed by atoms with Gasteiger partial charge in [-0.1, -0.05) is 36.4 Å². The molecule has 2 aromatic carbocycles. The molecule has 0 aliphatic rings. The fourth-order valence-electron chi connectivity index (χ4n) is 2.70. The number of azo groups is 1. The topological polar surface area (TPSA) is 115 Å². The molecule has 27 heavy (non-hydrogen) atoms. The van der Waals surface area contributed by atoms with Crippen molar-refractivity contribution in [3.63, 3.8) is 0 Å². The van der Waals surface area contributed by atoms with E-state index < -0.39 is 22.5 Å². The second-order valence-electron chi connectivity index (χ2n) is 6.02. The Bertz CT molecular complexity index is 1140. The molecule has 0 spiro atoms. The van der Waals surface area contributed by atoms with Gasteiger partial charge in [-0.15, -0.1) is 10.2 Å². The number of para-hydroxylation sites is 2. The minimum atomic E-state index is -3.70. The number of aryl methyl sites for hydroxylation is 1. The van der Waals surface area contributed by atoms with Crippen LogP contribution in [-0.2, 0) is 14.8 Å². The Morgan fingerprint density at radius 3 is 2.52 bits per heavy atom. The normalized spacial score (nSPS) is 11.9. The molecule has 1 heterocycles. The molecule has 3 aromatic rings. The van der Waals surface area contributed by atoms with Crippen LogP contribution >= 0.6 is 0 Å². The summed E-state index contributed by atoms with van der Waals surface area (Å²) in [6.45, 7) is 1.26. The first kappa shape index (κ1) is 18.6. The van der Waals surface area contributed by atoms with E-state index in [4.69, 9.17) is 0 Å². The predicted octanol–water partition coefficient (Wildman–Crippen LogP) is 3.26. The van der Waals surface area contributed by atoms with Crippen molar-refractivity contribution in [1.82, 2.24) is 4.98 Å². The van der Waals surface area contributed by atoms with Crippen molar-refractivity contribution in [2.75, 3.05) is 17.1 Å². The summed E-state index contributed by atoms with van der Waals surface area (Å²) in [4.78, 5) is 15.0. The van der Waals surface area contributed by atoms with Crippen LogP contribution in [0, 0.1) is 6.92 Å². The van der Waals surface area contributed by atoms with E-state index in [0.717, 1.165) is 10.6 Å². The summed E-state index contributed by atoms with van der Waals surface area (Å²) >= 11 is 0. The van der Waals surface area contributed by atoms with Crippen molar-refractivity contribution >= 4 is 38.2 Å². The zero-order valence-corrected chi connectivity index (χ0v) is 15.6. The molecule has 0 fully saturated rings. The molecule has 0 atom stereocenters. The standard InChI is InChI=1S/C18H18N4O4S/c1-12-7-3-6-10-15(12)22(27(2,25)26)11-16(23)20-21-17-13-8-4-5-9-14(13)19-18(17)24/h3-10,19,24H,11H2,1-2H3.